The van der Waals surface area contributed by atoms with Crippen molar-refractivity contribution in [2.24, 2.45) is 0 Å². The minimum Gasteiger partial charge on any atom is -0.465 e. The second-order valence-corrected chi connectivity index (χ2v) is 5.33. The summed E-state index contributed by atoms with van der Waals surface area (Å²) >= 11 is 1.60. The van der Waals surface area contributed by atoms with Crippen LogP contribution in [-0.4, -0.2) is 36.5 Å². The van der Waals surface area contributed by atoms with Crippen molar-refractivity contribution in [1.29, 1.82) is 0 Å². The Kier molecular flexibility index (Phi) is 4.43. The number of pyridine rings is 1. The van der Waals surface area contributed by atoms with Crippen molar-refractivity contribution >= 4 is 23.4 Å². The molecule has 0 radical (unpaired) electrons. The molecule has 2 rings (SSSR count). The van der Waals surface area contributed by atoms with E-state index in [2.05, 4.69) is 4.98 Å². The normalized spacial score (nSPS) is 16.5. The zero-order valence-electron chi connectivity index (χ0n) is 10.2. The highest BCUT2D eigenvalue weighted by Gasteiger charge is 2.20. The van der Waals surface area contributed by atoms with Crippen molar-refractivity contribution in [1.82, 2.24) is 4.98 Å². The Labute approximate surface area is 110 Å². The van der Waals surface area contributed by atoms with E-state index in [1.165, 1.54) is 7.11 Å². The molecule has 0 aliphatic carbocycles. The number of nitrogens with zero attached hydrogens (tertiary/aromatic N) is 1. The number of carbonyl (C=O) groups excluding carboxylic acids is 1. The van der Waals surface area contributed by atoms with Crippen LogP contribution < -0.4 is 5.73 Å². The van der Waals surface area contributed by atoms with Crippen LogP contribution >= 0.6 is 11.8 Å². The van der Waals surface area contributed by atoms with E-state index in [1.807, 2.05) is 0 Å². The van der Waals surface area contributed by atoms with Gasteiger partial charge in [-0.05, 0) is 18.9 Å². The van der Waals surface area contributed by atoms with E-state index in [-0.39, 0.29) is 0 Å². The molecule has 0 atom stereocenters. The number of aromatic nitrogens is 1. The number of esters is 1. The van der Waals surface area contributed by atoms with Gasteiger partial charge in [0.1, 0.15) is 5.03 Å². The lowest BCUT2D eigenvalue weighted by Crippen LogP contribution is -2.18. The molecule has 2 heterocycles. The van der Waals surface area contributed by atoms with E-state index >= 15 is 0 Å². The van der Waals surface area contributed by atoms with Crippen molar-refractivity contribution in [3.63, 3.8) is 0 Å². The number of hydrogen-bond donors (Lipinski definition) is 1. The summed E-state index contributed by atoms with van der Waals surface area (Å²) in [4.78, 5) is 15.9. The summed E-state index contributed by atoms with van der Waals surface area (Å²) in [6.07, 6.45) is 3.50. The third-order valence-corrected chi connectivity index (χ3v) is 4.08. The van der Waals surface area contributed by atoms with Crippen molar-refractivity contribution < 1.29 is 14.3 Å². The number of nitrogen functional groups attached to an aromatic ring is 1. The van der Waals surface area contributed by atoms with Crippen LogP contribution in [0.4, 0.5) is 5.69 Å². The lowest BCUT2D eigenvalue weighted by Gasteiger charge is -2.21. The number of ether oxygens (including phenoxy) is 2. The third-order valence-electron chi connectivity index (χ3n) is 2.72. The first-order valence-electron chi connectivity index (χ1n) is 5.79. The summed E-state index contributed by atoms with van der Waals surface area (Å²) in [5.41, 5.74) is 6.56. The Balaban J connectivity index is 2.17. The first-order valence-corrected chi connectivity index (χ1v) is 6.67. The minimum absolute atomic E-state index is 0.399. The lowest BCUT2D eigenvalue weighted by atomic mass is 10.2. The van der Waals surface area contributed by atoms with E-state index in [9.17, 15) is 4.79 Å². The maximum Gasteiger partial charge on any atom is 0.340 e. The Hall–Kier alpha value is -1.27. The van der Waals surface area contributed by atoms with E-state index < -0.39 is 5.97 Å². The molecule has 1 saturated heterocycles. The first-order chi connectivity index (χ1) is 8.70. The van der Waals surface area contributed by atoms with Crippen LogP contribution in [0.1, 0.15) is 23.2 Å². The van der Waals surface area contributed by atoms with E-state index in [0.29, 0.717) is 21.5 Å². The van der Waals surface area contributed by atoms with Gasteiger partial charge in [-0.1, -0.05) is 0 Å². The van der Waals surface area contributed by atoms with Crippen LogP contribution in [0.15, 0.2) is 17.3 Å². The molecule has 2 N–H and O–H groups in total. The molecule has 0 bridgehead atoms. The van der Waals surface area contributed by atoms with Gasteiger partial charge in [-0.2, -0.15) is 0 Å². The van der Waals surface area contributed by atoms with E-state index in [1.54, 1.807) is 24.0 Å². The average Bonchev–Trinajstić information content (AvgIpc) is 2.41. The van der Waals surface area contributed by atoms with Gasteiger partial charge in [-0.3, -0.25) is 0 Å². The Morgan fingerprint density at radius 3 is 2.94 bits per heavy atom. The van der Waals surface area contributed by atoms with Crippen molar-refractivity contribution in [2.45, 2.75) is 23.1 Å². The van der Waals surface area contributed by atoms with Crippen molar-refractivity contribution in [3.8, 4) is 0 Å². The highest BCUT2D eigenvalue weighted by Crippen LogP contribution is 2.31. The maximum absolute atomic E-state index is 11.7. The molecular weight excluding hydrogens is 252 g/mol. The predicted molar refractivity (Wildman–Crippen MR) is 69.7 cm³/mol. The molecule has 98 valence electrons. The van der Waals surface area contributed by atoms with Gasteiger partial charge in [0, 0.05) is 18.5 Å². The number of nitrogens with two attached hydrogens (primary N) is 1. The number of carbonyl (C=O) groups is 1. The number of hydrogen-bond acceptors (Lipinski definition) is 6. The highest BCUT2D eigenvalue weighted by atomic mass is 32.2. The molecule has 1 fully saturated rings. The number of thioether (sulfide) groups is 1. The molecule has 1 aromatic heterocycles. The fraction of sp³-hybridized carbons (Fsp3) is 0.500. The van der Waals surface area contributed by atoms with Gasteiger partial charge in [0.2, 0.25) is 0 Å². The quantitative estimate of drug-likeness (QED) is 0.841. The standard InChI is InChI=1S/C12H16N2O3S/c1-16-12(15)10-6-8(13)7-14-11(10)18-9-2-4-17-5-3-9/h6-7,9H,2-5,13H2,1H3. The van der Waals surface area contributed by atoms with Crippen LogP contribution in [0.25, 0.3) is 0 Å². The van der Waals surface area contributed by atoms with Gasteiger partial charge in [0.25, 0.3) is 0 Å². The molecule has 6 heteroatoms. The van der Waals surface area contributed by atoms with E-state index in [4.69, 9.17) is 15.2 Å². The molecule has 5 nitrogen and oxygen atoms in total. The summed E-state index contributed by atoms with van der Waals surface area (Å²) < 4.78 is 10.1. The van der Waals surface area contributed by atoms with Gasteiger partial charge < -0.3 is 15.2 Å². The smallest absolute Gasteiger partial charge is 0.340 e. The van der Waals surface area contributed by atoms with E-state index in [0.717, 1.165) is 26.1 Å². The SMILES string of the molecule is COC(=O)c1cc(N)cnc1SC1CCOCC1. The molecule has 0 spiro atoms. The number of methoxy groups -OCH3 is 1. The summed E-state index contributed by atoms with van der Waals surface area (Å²) in [6, 6.07) is 1.61. The number of rotatable bonds is 3. The molecule has 18 heavy (non-hydrogen) atoms. The van der Waals surface area contributed by atoms with Gasteiger partial charge in [0.15, 0.2) is 0 Å². The predicted octanol–water partition coefficient (Wildman–Crippen LogP) is 1.72. The summed E-state index contributed by atoms with van der Waals surface area (Å²) in [6.45, 7) is 1.53. The van der Waals surface area contributed by atoms with Gasteiger partial charge in [0.05, 0.1) is 24.6 Å². The Morgan fingerprint density at radius 2 is 2.28 bits per heavy atom. The van der Waals surface area contributed by atoms with Crippen LogP contribution in [0, 0.1) is 0 Å². The van der Waals surface area contributed by atoms with Gasteiger partial charge >= 0.3 is 5.97 Å². The monoisotopic (exact) mass is 268 g/mol. The van der Waals surface area contributed by atoms with Crippen LogP contribution in [0.5, 0.6) is 0 Å². The highest BCUT2D eigenvalue weighted by molar-refractivity contribution is 7.99. The summed E-state index contributed by atoms with van der Waals surface area (Å²) in [5.74, 6) is -0.399. The second kappa shape index (κ2) is 6.06. The van der Waals surface area contributed by atoms with Crippen molar-refractivity contribution in [3.05, 3.63) is 17.8 Å². The molecule has 1 aliphatic rings. The van der Waals surface area contributed by atoms with Gasteiger partial charge in [-0.15, -0.1) is 11.8 Å². The zero-order chi connectivity index (χ0) is 13.0. The zero-order valence-corrected chi connectivity index (χ0v) is 11.0. The Morgan fingerprint density at radius 1 is 1.56 bits per heavy atom. The molecule has 1 aliphatic heterocycles. The second-order valence-electron chi connectivity index (χ2n) is 4.04. The van der Waals surface area contributed by atoms with Gasteiger partial charge in [-0.25, -0.2) is 9.78 Å². The van der Waals surface area contributed by atoms with Crippen LogP contribution in [0.2, 0.25) is 0 Å². The molecule has 1 aromatic rings. The average molecular weight is 268 g/mol. The fourth-order valence-electron chi connectivity index (χ4n) is 1.77. The summed E-state index contributed by atoms with van der Waals surface area (Å²) in [7, 11) is 1.36. The molecular formula is C12H16N2O3S. The largest absolute Gasteiger partial charge is 0.465 e. The minimum atomic E-state index is -0.399. The third kappa shape index (κ3) is 3.14. The lowest BCUT2D eigenvalue weighted by molar-refractivity contribution is 0.0596. The van der Waals surface area contributed by atoms with Crippen LogP contribution in [-0.2, 0) is 9.47 Å². The summed E-state index contributed by atoms with van der Waals surface area (Å²) in [5, 5.41) is 1.11. The molecule has 0 amide bonds. The first kappa shape index (κ1) is 13.2. The fourth-order valence-corrected chi connectivity index (χ4v) is 2.90. The topological polar surface area (TPSA) is 74.4 Å². The molecule has 0 aromatic carbocycles. The number of anilines is 1. The maximum atomic E-state index is 11.7. The van der Waals surface area contributed by atoms with Crippen molar-refractivity contribution in [2.75, 3.05) is 26.1 Å². The Bertz CT molecular complexity index is 433. The van der Waals surface area contributed by atoms with Crippen LogP contribution in [0.3, 0.4) is 0 Å². The molecule has 0 unspecified atom stereocenters. The molecule has 0 saturated carbocycles.